The first-order chi connectivity index (χ1) is 46.1. The summed E-state index contributed by atoms with van der Waals surface area (Å²) in [4.78, 5) is 63.6. The molecule has 7 aromatic rings. The molecule has 558 valence electrons. The summed E-state index contributed by atoms with van der Waals surface area (Å²) >= 11 is 26.5. The molecule has 0 radical (unpaired) electrons. The minimum atomic E-state index is -4.64. The molecule has 0 saturated carbocycles. The number of benzene rings is 4. The molecular formula is C60H76Cl4F6N14O11S6. The predicted molar refractivity (Wildman–Crippen MR) is 385 cm³/mol. The lowest BCUT2D eigenvalue weighted by molar-refractivity contribution is -0.156. The van der Waals surface area contributed by atoms with Crippen molar-refractivity contribution >= 4 is 152 Å². The topological polar surface area (TPSA) is 316 Å². The number of anilines is 3. The van der Waals surface area contributed by atoms with Gasteiger partial charge in [-0.25, -0.2) is 28.1 Å². The van der Waals surface area contributed by atoms with Crippen molar-refractivity contribution in [1.29, 1.82) is 0 Å². The Bertz CT molecular complexity index is 4130. The number of nitrogens with zero attached hydrogens (tertiary/aromatic N) is 7. The van der Waals surface area contributed by atoms with Crippen LogP contribution in [0, 0.1) is 17.5 Å². The molecule has 0 aliphatic carbocycles. The Labute approximate surface area is 615 Å². The van der Waals surface area contributed by atoms with Crippen LogP contribution in [0.2, 0.25) is 15.1 Å². The van der Waals surface area contributed by atoms with E-state index in [0.29, 0.717) is 32.9 Å². The second-order valence-corrected chi connectivity index (χ2v) is 30.5. The molecule has 0 bridgehead atoms. The Morgan fingerprint density at radius 3 is 1.31 bits per heavy atom. The first-order valence-corrected chi connectivity index (χ1v) is 37.1. The molecule has 101 heavy (non-hydrogen) atoms. The molecule has 3 saturated heterocycles. The SMILES string of the molecule is C.C.C.CN(C)CCCl.CN(C)CCN1C(C(=O)Nc2ccc(F)c(Cl)c2)CC(c2nccs2)NS1(=O)=O.COc1ccc(CN2C(C(=O)Nc3ccc(F)c(Cl)c3)CC(c3nccs3)NS2(=O)=O)cc1.O=C(Nc1ccc(F)c(Cl)c1)C1CC(c2nccs2)NS(=O)(=O)N1.O=CC(F)(F)F. The van der Waals surface area contributed by atoms with Gasteiger partial charge in [0.05, 0.1) is 40.3 Å². The molecule has 0 spiro atoms. The summed E-state index contributed by atoms with van der Waals surface area (Å²) in [6.45, 7) is 1.51. The molecule has 3 aliphatic rings. The van der Waals surface area contributed by atoms with Crippen LogP contribution in [0.1, 0.15) is 80.3 Å². The third-order valence-corrected chi connectivity index (χ3v) is 21.7. The maximum absolute atomic E-state index is 13.5. The molecule has 3 amide bonds. The summed E-state index contributed by atoms with van der Waals surface area (Å²) in [7, 11) is -2.62. The standard InChI is InChI=1S/C21H20ClFN4O4S2.C17H21ClFN5O3S2.C13H12ClFN4O3S2.C4H10ClN.C2HF3O.3CH4/c1-31-15-5-2-13(3-6-15)12-27-19(20(28)25-14-4-7-17(23)16(22)10-14)11-18(26-33(27,29)30)21-24-8-9-32-21;1-23(2)6-7-24-15(16(25)21-11-3-4-13(19)12(18)9-11)10-14(22-29(24,26)27)17-20-5-8-28-17;14-8-5-7(1-2-9(8)15)17-12(20)10-6-11(13-16-3-4-23-13)19-24(21,22)18-10;1-6(2)4-3-5;3-2(4,5)1-6;;;/h2-10,18-19,26H,11-12H2,1H3,(H,25,28);3-5,8-9,14-15,22H,6-7,10H2,1-2H3,(H,21,25);1-5,10-11,18-19H,6H2,(H,17,20);3-4H2,1-2H3;1H;3*1H4. The van der Waals surface area contributed by atoms with E-state index in [1.54, 1.807) is 59.0 Å². The van der Waals surface area contributed by atoms with E-state index in [1.165, 1.54) is 77.5 Å². The van der Waals surface area contributed by atoms with E-state index in [4.69, 9.17) is 55.9 Å². The minimum absolute atomic E-state index is 0. The van der Waals surface area contributed by atoms with Gasteiger partial charge < -0.3 is 30.5 Å². The van der Waals surface area contributed by atoms with E-state index >= 15 is 0 Å². The molecule has 3 fully saturated rings. The number of amides is 3. The molecule has 3 aromatic heterocycles. The fourth-order valence-corrected chi connectivity index (χ4v) is 16.4. The number of aldehydes is 1. The Hall–Kier alpha value is -6.08. The van der Waals surface area contributed by atoms with Gasteiger partial charge in [0.15, 0.2) is 0 Å². The highest BCUT2D eigenvalue weighted by atomic mass is 35.5. The summed E-state index contributed by atoms with van der Waals surface area (Å²) in [6, 6.07) is 13.3. The molecule has 25 nitrogen and oxygen atoms in total. The molecule has 7 N–H and O–H groups in total. The number of rotatable bonds is 17. The summed E-state index contributed by atoms with van der Waals surface area (Å²) in [5, 5.41) is 14.3. The number of nitrogens with one attached hydrogen (secondary N) is 7. The number of halogens is 10. The highest BCUT2D eigenvalue weighted by Crippen LogP contribution is 2.34. The van der Waals surface area contributed by atoms with Gasteiger partial charge in [-0.15, -0.1) is 45.6 Å². The number of alkyl halides is 4. The van der Waals surface area contributed by atoms with Crippen LogP contribution in [0.3, 0.4) is 0 Å². The lowest BCUT2D eigenvalue weighted by atomic mass is 10.1. The van der Waals surface area contributed by atoms with Gasteiger partial charge in [0.2, 0.25) is 24.0 Å². The largest absolute Gasteiger partial charge is 0.497 e. The van der Waals surface area contributed by atoms with Crippen molar-refractivity contribution in [2.75, 3.05) is 76.8 Å². The Morgan fingerprint density at radius 1 is 0.594 bits per heavy atom. The van der Waals surface area contributed by atoms with Crippen LogP contribution in [0.15, 0.2) is 114 Å². The van der Waals surface area contributed by atoms with E-state index in [-0.39, 0.29) is 86.8 Å². The number of methoxy groups -OCH3 is 1. The zero-order valence-corrected chi connectivity index (χ0v) is 59.9. The fourth-order valence-electron chi connectivity index (χ4n) is 8.91. The lowest BCUT2D eigenvalue weighted by Gasteiger charge is -2.38. The molecule has 6 atom stereocenters. The smallest absolute Gasteiger partial charge is 0.446 e. The van der Waals surface area contributed by atoms with Gasteiger partial charge in [-0.3, -0.25) is 19.2 Å². The second kappa shape index (κ2) is 40.8. The van der Waals surface area contributed by atoms with Crippen molar-refractivity contribution in [3.8, 4) is 5.75 Å². The molecule has 41 heteroatoms. The van der Waals surface area contributed by atoms with Gasteiger partial charge in [-0.1, -0.05) is 69.2 Å². The average molecular weight is 1620 g/mol. The van der Waals surface area contributed by atoms with Crippen LogP contribution >= 0.6 is 80.4 Å². The maximum atomic E-state index is 13.5. The number of carbonyl (C=O) groups is 4. The highest BCUT2D eigenvalue weighted by molar-refractivity contribution is 7.88. The Kier molecular flexibility index (Phi) is 36.0. The monoisotopic (exact) mass is 1610 g/mol. The van der Waals surface area contributed by atoms with E-state index < -0.39 is 115 Å². The Morgan fingerprint density at radius 2 is 0.970 bits per heavy atom. The van der Waals surface area contributed by atoms with Gasteiger partial charge in [0.25, 0.3) is 30.6 Å². The van der Waals surface area contributed by atoms with Crippen LogP contribution in [-0.4, -0.2) is 168 Å². The normalized spacial score (nSPS) is 19.7. The lowest BCUT2D eigenvalue weighted by Crippen LogP contribution is -2.58. The predicted octanol–water partition coefficient (Wildman–Crippen LogP) is 11.1. The first-order valence-electron chi connectivity index (χ1n) is 28.5. The Balaban J connectivity index is 0.000000361. The van der Waals surface area contributed by atoms with Crippen molar-refractivity contribution in [3.05, 3.63) is 167 Å². The third-order valence-electron chi connectivity index (χ3n) is 13.5. The van der Waals surface area contributed by atoms with Crippen LogP contribution in [-0.2, 0) is 56.4 Å². The van der Waals surface area contributed by atoms with Gasteiger partial charge in [0.1, 0.15) is 56.3 Å². The van der Waals surface area contributed by atoms with Gasteiger partial charge in [-0.2, -0.15) is 65.9 Å². The van der Waals surface area contributed by atoms with Gasteiger partial charge in [0, 0.05) is 83.9 Å². The summed E-state index contributed by atoms with van der Waals surface area (Å²) < 4.78 is 165. The van der Waals surface area contributed by atoms with Crippen molar-refractivity contribution in [2.45, 2.75) is 90.5 Å². The molecule has 4 aromatic carbocycles. The van der Waals surface area contributed by atoms with Crippen molar-refractivity contribution in [1.82, 2.24) is 52.3 Å². The van der Waals surface area contributed by atoms with Gasteiger partial charge >= 0.3 is 6.18 Å². The van der Waals surface area contributed by atoms with Crippen molar-refractivity contribution in [3.63, 3.8) is 0 Å². The van der Waals surface area contributed by atoms with E-state index in [9.17, 15) is 66.0 Å². The number of hydrogen-bond donors (Lipinski definition) is 7. The number of ether oxygens (including phenoxy) is 1. The summed E-state index contributed by atoms with van der Waals surface area (Å²) in [5.74, 6) is -2.12. The van der Waals surface area contributed by atoms with Crippen molar-refractivity contribution in [2.24, 2.45) is 0 Å². The average Bonchev–Trinajstić information content (AvgIpc) is 1.40. The number of thiazole rings is 3. The number of hydrogen-bond acceptors (Lipinski definition) is 19. The molecule has 3 aliphatic heterocycles. The van der Waals surface area contributed by atoms with Crippen molar-refractivity contribution < 1.29 is 75.5 Å². The van der Waals surface area contributed by atoms with Crippen LogP contribution in [0.4, 0.5) is 43.4 Å². The zero-order chi connectivity index (χ0) is 72.3. The van der Waals surface area contributed by atoms with E-state index in [1.807, 2.05) is 38.0 Å². The molecule has 10 rings (SSSR count). The fraction of sp³-hybridized carbons (Fsp3) is 0.383. The maximum Gasteiger partial charge on any atom is 0.446 e. The number of aromatic nitrogens is 3. The quantitative estimate of drug-likeness (QED) is 0.0253. The third kappa shape index (κ3) is 27.8. The number of likely N-dealkylation sites (N-methyl/N-ethyl adjacent to an activating group) is 1. The first kappa shape index (κ1) is 89.1. The summed E-state index contributed by atoms with van der Waals surface area (Å²) in [6.07, 6.45) is -0.424. The zero-order valence-electron chi connectivity index (χ0n) is 52.0. The van der Waals surface area contributed by atoms with Crippen LogP contribution < -0.4 is 39.6 Å². The highest BCUT2D eigenvalue weighted by Gasteiger charge is 2.45. The van der Waals surface area contributed by atoms with Crippen LogP contribution in [0.5, 0.6) is 5.75 Å². The van der Waals surface area contributed by atoms with E-state index in [2.05, 4.69) is 49.8 Å². The van der Waals surface area contributed by atoms with Gasteiger partial charge in [-0.05, 0) is 120 Å². The molecule has 6 heterocycles. The van der Waals surface area contributed by atoms with E-state index in [0.717, 1.165) is 39.2 Å². The minimum Gasteiger partial charge on any atom is -0.497 e. The molecule has 6 unspecified atom stereocenters. The summed E-state index contributed by atoms with van der Waals surface area (Å²) in [5.41, 5.74) is 1.50. The second-order valence-electron chi connectivity index (χ2n) is 21.4. The van der Waals surface area contributed by atoms with Crippen LogP contribution in [0.25, 0.3) is 0 Å². The number of carbonyl (C=O) groups excluding carboxylic acids is 4. The molecular weight excluding hydrogens is 1540 g/mol.